The summed E-state index contributed by atoms with van der Waals surface area (Å²) in [5.74, 6) is 3.55. The summed E-state index contributed by atoms with van der Waals surface area (Å²) in [6.45, 7) is 9.43. The SMILES string of the molecule is COC1C[C@H]2CC23CC[C@H]2[C@@H]4CC=C([C@H](C)COC(C)=O)[C@@]4(C)CC[C@@H]2[C@@]13C. The molecule has 0 aromatic heterocycles. The van der Waals surface area contributed by atoms with E-state index in [1.165, 1.54) is 51.9 Å². The van der Waals surface area contributed by atoms with Gasteiger partial charge in [0.1, 0.15) is 0 Å². The summed E-state index contributed by atoms with van der Waals surface area (Å²) < 4.78 is 11.5. The number of methoxy groups -OCH3 is 1. The van der Waals surface area contributed by atoms with Gasteiger partial charge >= 0.3 is 5.97 Å². The van der Waals surface area contributed by atoms with Gasteiger partial charge in [0, 0.05) is 25.4 Å². The molecule has 0 bridgehead atoms. The number of ether oxygens (including phenoxy) is 2. The lowest BCUT2D eigenvalue weighted by Gasteiger charge is -2.60. The smallest absolute Gasteiger partial charge is 0.302 e. The van der Waals surface area contributed by atoms with Crippen LogP contribution in [0.2, 0.25) is 0 Å². The first-order valence-corrected chi connectivity index (χ1v) is 11.6. The first-order chi connectivity index (χ1) is 13.3. The van der Waals surface area contributed by atoms with Gasteiger partial charge in [0.05, 0.1) is 12.7 Å². The maximum Gasteiger partial charge on any atom is 0.302 e. The standard InChI is InChI=1S/C25H38O3/c1-15(14-28-16(2)26)19-6-7-20-18-8-11-25-13-17(25)12-22(27-5)24(25,4)21(18)9-10-23(19,20)3/h6,15,17-18,20-22H,7-14H2,1-5H3/t15-,17+,18+,20+,21+,22?,23-,24+,25?/m1/s1. The van der Waals surface area contributed by atoms with Crippen LogP contribution in [0, 0.1) is 45.8 Å². The average molecular weight is 387 g/mol. The van der Waals surface area contributed by atoms with E-state index in [9.17, 15) is 4.79 Å². The molecule has 1 spiro atoms. The lowest BCUT2D eigenvalue weighted by atomic mass is 9.45. The van der Waals surface area contributed by atoms with Gasteiger partial charge in [-0.1, -0.05) is 32.4 Å². The van der Waals surface area contributed by atoms with Crippen molar-refractivity contribution < 1.29 is 14.3 Å². The quantitative estimate of drug-likeness (QED) is 0.480. The van der Waals surface area contributed by atoms with E-state index in [0.29, 0.717) is 34.9 Å². The molecule has 9 atom stereocenters. The number of hydrogen-bond donors (Lipinski definition) is 0. The molecular formula is C25H38O3. The molecule has 5 aliphatic carbocycles. The number of carbonyl (C=O) groups excluding carboxylic acids is 1. The summed E-state index contributed by atoms with van der Waals surface area (Å²) in [6.07, 6.45) is 12.5. The summed E-state index contributed by atoms with van der Waals surface area (Å²) in [5, 5.41) is 0. The third-order valence-corrected chi connectivity index (χ3v) is 10.6. The Balaban J connectivity index is 1.39. The van der Waals surface area contributed by atoms with Crippen LogP contribution in [0.5, 0.6) is 0 Å². The first kappa shape index (κ1) is 19.2. The first-order valence-electron chi connectivity index (χ1n) is 11.6. The molecule has 2 unspecified atom stereocenters. The number of esters is 1. The fraction of sp³-hybridized carbons (Fsp3) is 0.880. The second kappa shape index (κ2) is 6.09. The van der Waals surface area contributed by atoms with Crippen molar-refractivity contribution in [3.05, 3.63) is 11.6 Å². The highest BCUT2D eigenvalue weighted by molar-refractivity contribution is 5.65. The fourth-order valence-electron chi connectivity index (χ4n) is 9.25. The third-order valence-electron chi connectivity index (χ3n) is 10.6. The minimum atomic E-state index is -0.160. The third kappa shape index (κ3) is 2.23. The monoisotopic (exact) mass is 386 g/mol. The van der Waals surface area contributed by atoms with Crippen molar-refractivity contribution in [3.8, 4) is 0 Å². The normalized spacial score (nSPS) is 52.0. The number of allylic oxidation sites excluding steroid dienone is 1. The molecule has 0 aliphatic heterocycles. The molecule has 0 aromatic carbocycles. The second-order valence-electron chi connectivity index (χ2n) is 11.3. The molecule has 0 saturated heterocycles. The van der Waals surface area contributed by atoms with Gasteiger partial charge < -0.3 is 9.47 Å². The van der Waals surface area contributed by atoms with Gasteiger partial charge in [0.25, 0.3) is 0 Å². The molecule has 28 heavy (non-hydrogen) atoms. The Labute approximate surface area is 170 Å². The van der Waals surface area contributed by atoms with Crippen molar-refractivity contribution in [2.24, 2.45) is 45.8 Å². The van der Waals surface area contributed by atoms with Gasteiger partial charge in [0.2, 0.25) is 0 Å². The zero-order valence-electron chi connectivity index (χ0n) is 18.4. The lowest BCUT2D eigenvalue weighted by Crippen LogP contribution is -2.55. The second-order valence-corrected chi connectivity index (χ2v) is 11.3. The Hall–Kier alpha value is -0.830. The van der Waals surface area contributed by atoms with E-state index in [0.717, 1.165) is 23.7 Å². The highest BCUT2D eigenvalue weighted by atomic mass is 16.5. The molecule has 0 aromatic rings. The minimum absolute atomic E-state index is 0.160. The zero-order chi connectivity index (χ0) is 19.9. The van der Waals surface area contributed by atoms with Gasteiger partial charge in [-0.25, -0.2) is 0 Å². The molecule has 4 fully saturated rings. The number of hydrogen-bond acceptors (Lipinski definition) is 3. The molecule has 5 rings (SSSR count). The van der Waals surface area contributed by atoms with E-state index in [1.807, 2.05) is 7.11 Å². The highest BCUT2D eigenvalue weighted by Gasteiger charge is 2.77. The van der Waals surface area contributed by atoms with Crippen LogP contribution in [0.4, 0.5) is 0 Å². The minimum Gasteiger partial charge on any atom is -0.465 e. The van der Waals surface area contributed by atoms with Gasteiger partial charge in [-0.3, -0.25) is 4.79 Å². The number of rotatable bonds is 4. The van der Waals surface area contributed by atoms with E-state index >= 15 is 0 Å². The largest absolute Gasteiger partial charge is 0.465 e. The molecular weight excluding hydrogens is 348 g/mol. The van der Waals surface area contributed by atoms with Crippen LogP contribution in [0.1, 0.15) is 72.6 Å². The summed E-state index contributed by atoms with van der Waals surface area (Å²) in [6, 6.07) is 0. The van der Waals surface area contributed by atoms with Crippen molar-refractivity contribution in [3.63, 3.8) is 0 Å². The van der Waals surface area contributed by atoms with Crippen LogP contribution in [0.25, 0.3) is 0 Å². The predicted molar refractivity (Wildman–Crippen MR) is 110 cm³/mol. The molecule has 0 amide bonds. The van der Waals surface area contributed by atoms with Crippen LogP contribution < -0.4 is 0 Å². The molecule has 0 heterocycles. The van der Waals surface area contributed by atoms with E-state index < -0.39 is 0 Å². The van der Waals surface area contributed by atoms with E-state index in [2.05, 4.69) is 26.8 Å². The summed E-state index contributed by atoms with van der Waals surface area (Å²) in [7, 11) is 1.96. The van der Waals surface area contributed by atoms with Gasteiger partial charge in [-0.2, -0.15) is 0 Å². The Morgan fingerprint density at radius 1 is 1.25 bits per heavy atom. The Kier molecular flexibility index (Phi) is 4.17. The maximum absolute atomic E-state index is 11.3. The van der Waals surface area contributed by atoms with E-state index in [4.69, 9.17) is 9.47 Å². The Bertz CT molecular complexity index is 713. The number of fused-ring (bicyclic) bond motifs is 4. The van der Waals surface area contributed by atoms with Gasteiger partial charge in [-0.15, -0.1) is 0 Å². The predicted octanol–water partition coefficient (Wildman–Crippen LogP) is 5.39. The van der Waals surface area contributed by atoms with Crippen molar-refractivity contribution >= 4 is 5.97 Å². The van der Waals surface area contributed by atoms with Crippen LogP contribution in [-0.4, -0.2) is 25.8 Å². The van der Waals surface area contributed by atoms with Crippen LogP contribution >= 0.6 is 0 Å². The van der Waals surface area contributed by atoms with Crippen molar-refractivity contribution in [2.75, 3.05) is 13.7 Å². The summed E-state index contributed by atoms with van der Waals surface area (Å²) in [5.41, 5.74) is 2.87. The summed E-state index contributed by atoms with van der Waals surface area (Å²) >= 11 is 0. The van der Waals surface area contributed by atoms with E-state index in [-0.39, 0.29) is 5.97 Å². The van der Waals surface area contributed by atoms with Gasteiger partial charge in [0.15, 0.2) is 0 Å². The molecule has 3 heteroatoms. The fourth-order valence-corrected chi connectivity index (χ4v) is 9.25. The van der Waals surface area contributed by atoms with Crippen molar-refractivity contribution in [2.45, 2.75) is 78.7 Å². The number of carbonyl (C=O) groups is 1. The van der Waals surface area contributed by atoms with Crippen molar-refractivity contribution in [1.82, 2.24) is 0 Å². The molecule has 0 radical (unpaired) electrons. The molecule has 0 N–H and O–H groups in total. The van der Waals surface area contributed by atoms with Gasteiger partial charge in [-0.05, 0) is 79.4 Å². The lowest BCUT2D eigenvalue weighted by molar-refractivity contribution is -0.144. The topological polar surface area (TPSA) is 35.5 Å². The highest BCUT2D eigenvalue weighted by Crippen LogP contribution is 2.81. The molecule has 156 valence electrons. The molecule has 5 aliphatic rings. The molecule has 3 nitrogen and oxygen atoms in total. The zero-order valence-corrected chi connectivity index (χ0v) is 18.4. The van der Waals surface area contributed by atoms with Crippen LogP contribution in [0.15, 0.2) is 11.6 Å². The van der Waals surface area contributed by atoms with E-state index in [1.54, 1.807) is 5.57 Å². The maximum atomic E-state index is 11.3. The molecule has 4 saturated carbocycles. The summed E-state index contributed by atoms with van der Waals surface area (Å²) in [4.78, 5) is 11.3. The Morgan fingerprint density at radius 2 is 2.04 bits per heavy atom. The van der Waals surface area contributed by atoms with Crippen LogP contribution in [-0.2, 0) is 14.3 Å². The van der Waals surface area contributed by atoms with Crippen molar-refractivity contribution in [1.29, 1.82) is 0 Å². The Morgan fingerprint density at radius 3 is 2.75 bits per heavy atom. The average Bonchev–Trinajstić information content (AvgIpc) is 3.14. The van der Waals surface area contributed by atoms with Crippen LogP contribution in [0.3, 0.4) is 0 Å².